The zero-order valence-electron chi connectivity index (χ0n) is 15.7. The van der Waals surface area contributed by atoms with E-state index in [2.05, 4.69) is 21.7 Å². The van der Waals surface area contributed by atoms with E-state index >= 15 is 0 Å². The zero-order chi connectivity index (χ0) is 16.0. The van der Waals surface area contributed by atoms with Gasteiger partial charge in [0.2, 0.25) is 0 Å². The molecular formula is C19H41N3. The van der Waals surface area contributed by atoms with Crippen molar-refractivity contribution in [3.63, 3.8) is 0 Å². The molecule has 2 aliphatic rings. The molecule has 0 aromatic heterocycles. The van der Waals surface area contributed by atoms with Gasteiger partial charge in [0.1, 0.15) is 0 Å². The normalized spacial score (nSPS) is 20.7. The third kappa shape index (κ3) is 9.12. The molecule has 2 fully saturated rings. The molecular weight excluding hydrogens is 270 g/mol. The number of piperidine rings is 2. The van der Waals surface area contributed by atoms with Gasteiger partial charge in [-0.1, -0.05) is 26.7 Å². The number of hydrogen-bond acceptors (Lipinski definition) is 3. The summed E-state index contributed by atoms with van der Waals surface area (Å²) in [5, 5.41) is 0. The van der Waals surface area contributed by atoms with Crippen LogP contribution in [0, 0.1) is 0 Å². The lowest BCUT2D eigenvalue weighted by Crippen LogP contribution is -2.34. The molecule has 2 rings (SSSR count). The van der Waals surface area contributed by atoms with Crippen molar-refractivity contribution in [3.05, 3.63) is 0 Å². The number of hydrogen-bond donors (Lipinski definition) is 0. The molecule has 2 heterocycles. The molecule has 0 radical (unpaired) electrons. The van der Waals surface area contributed by atoms with Crippen molar-refractivity contribution in [1.82, 2.24) is 14.7 Å². The van der Waals surface area contributed by atoms with Gasteiger partial charge in [0.25, 0.3) is 0 Å². The van der Waals surface area contributed by atoms with E-state index in [0.717, 1.165) is 0 Å². The Morgan fingerprint density at radius 1 is 0.636 bits per heavy atom. The Hall–Kier alpha value is -0.120. The molecule has 0 spiro atoms. The second kappa shape index (κ2) is 13.3. The van der Waals surface area contributed by atoms with E-state index in [1.54, 1.807) is 0 Å². The Morgan fingerprint density at radius 2 is 1.00 bits per heavy atom. The smallest absolute Gasteiger partial charge is 0.000655 e. The van der Waals surface area contributed by atoms with Crippen LogP contribution in [0.25, 0.3) is 0 Å². The highest BCUT2D eigenvalue weighted by molar-refractivity contribution is 4.67. The lowest BCUT2D eigenvalue weighted by molar-refractivity contribution is 0.198. The van der Waals surface area contributed by atoms with E-state index in [-0.39, 0.29) is 0 Å². The maximum atomic E-state index is 2.66. The summed E-state index contributed by atoms with van der Waals surface area (Å²) in [5.41, 5.74) is 0. The summed E-state index contributed by atoms with van der Waals surface area (Å²) in [6, 6.07) is 0. The minimum Gasteiger partial charge on any atom is -0.306 e. The molecule has 0 amide bonds. The molecule has 132 valence electrons. The fourth-order valence-electron chi connectivity index (χ4n) is 3.61. The highest BCUT2D eigenvalue weighted by atomic mass is 15.1. The molecule has 2 saturated heterocycles. The van der Waals surface area contributed by atoms with E-state index in [0.29, 0.717) is 0 Å². The van der Waals surface area contributed by atoms with Crippen LogP contribution in [-0.4, -0.2) is 74.1 Å². The first-order valence-electron chi connectivity index (χ1n) is 9.98. The maximum Gasteiger partial charge on any atom is -0.000655 e. The number of nitrogens with zero attached hydrogens (tertiary/aromatic N) is 3. The van der Waals surface area contributed by atoms with Crippen molar-refractivity contribution in [2.75, 3.05) is 59.4 Å². The molecule has 0 N–H and O–H groups in total. The third-order valence-electron chi connectivity index (χ3n) is 4.93. The van der Waals surface area contributed by atoms with Gasteiger partial charge in [-0.25, -0.2) is 0 Å². The minimum absolute atomic E-state index is 1.27. The van der Waals surface area contributed by atoms with Crippen LogP contribution >= 0.6 is 0 Å². The zero-order valence-corrected chi connectivity index (χ0v) is 15.7. The first kappa shape index (κ1) is 19.9. The summed E-state index contributed by atoms with van der Waals surface area (Å²) in [6.07, 6.45) is 11.3. The predicted octanol–water partition coefficient (Wildman–Crippen LogP) is 3.70. The molecule has 0 aromatic carbocycles. The molecule has 0 saturated carbocycles. The van der Waals surface area contributed by atoms with Crippen molar-refractivity contribution in [1.29, 1.82) is 0 Å². The highest BCUT2D eigenvalue weighted by Crippen LogP contribution is 2.10. The Kier molecular flexibility index (Phi) is 12.1. The summed E-state index contributed by atoms with van der Waals surface area (Å²) >= 11 is 0. The second-order valence-electron chi connectivity index (χ2n) is 6.81. The molecule has 0 aromatic rings. The minimum atomic E-state index is 1.27. The molecule has 3 heteroatoms. The summed E-state index contributed by atoms with van der Waals surface area (Å²) in [5.74, 6) is 0. The molecule has 0 bridgehead atoms. The average molecular weight is 312 g/mol. The van der Waals surface area contributed by atoms with E-state index < -0.39 is 0 Å². The van der Waals surface area contributed by atoms with Gasteiger partial charge in [0, 0.05) is 0 Å². The average Bonchev–Trinajstić information content (AvgIpc) is 2.59. The summed E-state index contributed by atoms with van der Waals surface area (Å²) in [7, 11) is 2.30. The molecule has 22 heavy (non-hydrogen) atoms. The van der Waals surface area contributed by atoms with Crippen LogP contribution in [0.4, 0.5) is 0 Å². The van der Waals surface area contributed by atoms with Gasteiger partial charge >= 0.3 is 0 Å². The Bertz CT molecular complexity index is 209. The number of rotatable bonds is 8. The van der Waals surface area contributed by atoms with Crippen LogP contribution in [-0.2, 0) is 0 Å². The largest absolute Gasteiger partial charge is 0.306 e. The van der Waals surface area contributed by atoms with Crippen LogP contribution in [0.5, 0.6) is 0 Å². The first-order valence-corrected chi connectivity index (χ1v) is 9.98. The summed E-state index contributed by atoms with van der Waals surface area (Å²) in [6.45, 7) is 14.6. The van der Waals surface area contributed by atoms with Gasteiger partial charge in [-0.2, -0.15) is 0 Å². The molecule has 2 aliphatic heterocycles. The second-order valence-corrected chi connectivity index (χ2v) is 6.81. The van der Waals surface area contributed by atoms with Crippen molar-refractivity contribution >= 4 is 0 Å². The monoisotopic (exact) mass is 311 g/mol. The highest BCUT2D eigenvalue weighted by Gasteiger charge is 2.11. The van der Waals surface area contributed by atoms with E-state index in [1.807, 2.05) is 13.8 Å². The molecule has 0 aliphatic carbocycles. The molecule has 0 atom stereocenters. The van der Waals surface area contributed by atoms with Gasteiger partial charge in [-0.15, -0.1) is 0 Å². The lowest BCUT2D eigenvalue weighted by Gasteiger charge is -2.28. The van der Waals surface area contributed by atoms with Crippen molar-refractivity contribution in [3.8, 4) is 0 Å². The fourth-order valence-corrected chi connectivity index (χ4v) is 3.61. The van der Waals surface area contributed by atoms with Crippen LogP contribution in [0.2, 0.25) is 0 Å². The lowest BCUT2D eigenvalue weighted by atomic mass is 10.1. The van der Waals surface area contributed by atoms with Crippen molar-refractivity contribution in [2.45, 2.75) is 65.2 Å². The van der Waals surface area contributed by atoms with Gasteiger partial charge < -0.3 is 14.7 Å². The molecule has 3 nitrogen and oxygen atoms in total. The summed E-state index contributed by atoms with van der Waals surface area (Å²) < 4.78 is 0. The topological polar surface area (TPSA) is 9.72 Å². The first-order chi connectivity index (χ1) is 10.8. The Balaban J connectivity index is 0.00000116. The van der Waals surface area contributed by atoms with E-state index in [1.165, 1.54) is 104 Å². The van der Waals surface area contributed by atoms with Gasteiger partial charge in [-0.05, 0) is 97.9 Å². The maximum absolute atomic E-state index is 2.66. The predicted molar refractivity (Wildman–Crippen MR) is 98.7 cm³/mol. The van der Waals surface area contributed by atoms with Gasteiger partial charge in [-0.3, -0.25) is 0 Å². The standard InChI is InChI=1S/C17H35N3.C2H6/c1-18(10-8-16-19-12-4-2-5-13-19)11-9-17-20-14-6-3-7-15-20;1-2/h2-17H2,1H3;1-2H3. The van der Waals surface area contributed by atoms with Crippen LogP contribution in [0.15, 0.2) is 0 Å². The van der Waals surface area contributed by atoms with Gasteiger partial charge in [0.15, 0.2) is 0 Å². The Labute approximate surface area is 140 Å². The Morgan fingerprint density at radius 3 is 1.36 bits per heavy atom. The van der Waals surface area contributed by atoms with Gasteiger partial charge in [0.05, 0.1) is 0 Å². The van der Waals surface area contributed by atoms with E-state index in [4.69, 9.17) is 0 Å². The van der Waals surface area contributed by atoms with Crippen LogP contribution in [0.3, 0.4) is 0 Å². The summed E-state index contributed by atoms with van der Waals surface area (Å²) in [4.78, 5) is 7.85. The van der Waals surface area contributed by atoms with Crippen molar-refractivity contribution < 1.29 is 0 Å². The third-order valence-corrected chi connectivity index (χ3v) is 4.93. The fraction of sp³-hybridized carbons (Fsp3) is 1.00. The van der Waals surface area contributed by atoms with E-state index in [9.17, 15) is 0 Å². The van der Waals surface area contributed by atoms with Crippen LogP contribution < -0.4 is 0 Å². The van der Waals surface area contributed by atoms with Crippen molar-refractivity contribution in [2.24, 2.45) is 0 Å². The van der Waals surface area contributed by atoms with Crippen LogP contribution in [0.1, 0.15) is 65.2 Å². The SMILES string of the molecule is CC.CN(CCCN1CCCCC1)CCCN1CCCCC1. The molecule has 0 unspecified atom stereocenters. The quantitative estimate of drug-likeness (QED) is 0.677. The number of likely N-dealkylation sites (tertiary alicyclic amines) is 2.